The Morgan fingerprint density at radius 3 is 2.45 bits per heavy atom. The predicted molar refractivity (Wildman–Crippen MR) is 72.8 cm³/mol. The molecule has 1 aliphatic rings. The van der Waals surface area contributed by atoms with E-state index in [0.717, 1.165) is 0 Å². The molecule has 0 bridgehead atoms. The topological polar surface area (TPSA) is 87.6 Å². The highest BCUT2D eigenvalue weighted by Gasteiger charge is 2.28. The molecule has 1 fully saturated rings. The second-order valence-electron chi connectivity index (χ2n) is 6.05. The molecule has 0 radical (unpaired) electrons. The number of aromatic nitrogens is 2. The molecule has 2 N–H and O–H groups in total. The lowest BCUT2D eigenvalue weighted by Crippen LogP contribution is -2.42. The lowest BCUT2D eigenvalue weighted by Gasteiger charge is -2.33. The number of carbonyl (C=O) groups excluding carboxylic acids is 1. The van der Waals surface area contributed by atoms with Gasteiger partial charge in [-0.15, -0.1) is 0 Å². The van der Waals surface area contributed by atoms with E-state index in [1.54, 1.807) is 4.90 Å². The third-order valence-electron chi connectivity index (χ3n) is 3.24. The first kappa shape index (κ1) is 14.5. The van der Waals surface area contributed by atoms with Gasteiger partial charge in [0.2, 0.25) is 5.88 Å². The Morgan fingerprint density at radius 1 is 1.40 bits per heavy atom. The van der Waals surface area contributed by atoms with Crippen LogP contribution < -0.4 is 5.69 Å². The fourth-order valence-electron chi connectivity index (χ4n) is 2.32. The van der Waals surface area contributed by atoms with Gasteiger partial charge in [-0.1, -0.05) is 0 Å². The van der Waals surface area contributed by atoms with Crippen molar-refractivity contribution in [2.75, 3.05) is 13.1 Å². The molecule has 1 aromatic rings. The molecule has 0 aromatic carbocycles. The number of likely N-dealkylation sites (tertiary alicyclic amines) is 1. The second-order valence-corrected chi connectivity index (χ2v) is 6.05. The number of aromatic hydroxyl groups is 1. The van der Waals surface area contributed by atoms with Gasteiger partial charge in [0.05, 0.1) is 6.20 Å². The minimum absolute atomic E-state index is 0.00154. The van der Waals surface area contributed by atoms with Crippen molar-refractivity contribution in [3.05, 3.63) is 16.7 Å². The maximum absolute atomic E-state index is 11.9. The lowest BCUT2D eigenvalue weighted by atomic mass is 10.1. The number of hydrogen-bond donors (Lipinski definition) is 2. The molecule has 0 atom stereocenters. The maximum Gasteiger partial charge on any atom is 0.410 e. The summed E-state index contributed by atoms with van der Waals surface area (Å²) in [5, 5.41) is 9.27. The fourth-order valence-corrected chi connectivity index (χ4v) is 2.32. The zero-order chi connectivity index (χ0) is 14.9. The van der Waals surface area contributed by atoms with Crippen molar-refractivity contribution in [2.45, 2.75) is 45.3 Å². The molecule has 1 aromatic heterocycles. The van der Waals surface area contributed by atoms with E-state index in [0.29, 0.717) is 25.9 Å². The van der Waals surface area contributed by atoms with Gasteiger partial charge in [-0.2, -0.15) is 0 Å². The monoisotopic (exact) mass is 283 g/mol. The molecule has 7 nitrogen and oxygen atoms in total. The smallest absolute Gasteiger partial charge is 0.410 e. The van der Waals surface area contributed by atoms with Gasteiger partial charge in [0.25, 0.3) is 0 Å². The van der Waals surface area contributed by atoms with E-state index in [-0.39, 0.29) is 23.7 Å². The summed E-state index contributed by atoms with van der Waals surface area (Å²) >= 11 is 0. The Labute approximate surface area is 117 Å². The quantitative estimate of drug-likeness (QED) is 0.816. The van der Waals surface area contributed by atoms with Crippen LogP contribution in [0.25, 0.3) is 0 Å². The van der Waals surface area contributed by atoms with Gasteiger partial charge in [0.15, 0.2) is 0 Å². The lowest BCUT2D eigenvalue weighted by molar-refractivity contribution is 0.0187. The van der Waals surface area contributed by atoms with Crippen molar-refractivity contribution in [3.8, 4) is 5.88 Å². The molecular weight excluding hydrogens is 262 g/mol. The van der Waals surface area contributed by atoms with Crippen LogP contribution in [-0.2, 0) is 4.74 Å². The molecule has 7 heteroatoms. The van der Waals surface area contributed by atoms with E-state index >= 15 is 0 Å². The van der Waals surface area contributed by atoms with Gasteiger partial charge in [0.1, 0.15) is 5.60 Å². The number of carbonyl (C=O) groups is 1. The number of piperidine rings is 1. The van der Waals surface area contributed by atoms with E-state index in [9.17, 15) is 14.7 Å². The first-order chi connectivity index (χ1) is 9.26. The van der Waals surface area contributed by atoms with Gasteiger partial charge < -0.3 is 14.7 Å². The highest BCUT2D eigenvalue weighted by atomic mass is 16.6. The van der Waals surface area contributed by atoms with Crippen LogP contribution in [0.4, 0.5) is 4.79 Å². The zero-order valence-electron chi connectivity index (χ0n) is 12.0. The largest absolute Gasteiger partial charge is 0.493 e. The standard InChI is InChI=1S/C13H21N3O4/c1-13(2,3)20-12(19)15-6-4-9(5-7-15)16-8-10(17)14-11(16)18/h8-9,17H,4-7H2,1-3H3,(H,14,18). The molecule has 112 valence electrons. The molecule has 0 spiro atoms. The highest BCUT2D eigenvalue weighted by molar-refractivity contribution is 5.68. The number of H-pyrrole nitrogens is 1. The predicted octanol–water partition coefficient (Wildman–Crippen LogP) is 1.45. The van der Waals surface area contributed by atoms with Crippen LogP contribution in [0.5, 0.6) is 5.88 Å². The Morgan fingerprint density at radius 2 is 2.00 bits per heavy atom. The molecule has 2 rings (SSSR count). The Balaban J connectivity index is 1.94. The fraction of sp³-hybridized carbons (Fsp3) is 0.692. The SMILES string of the molecule is CC(C)(C)OC(=O)N1CCC(n2cc(O)[nH]c2=O)CC1. The maximum atomic E-state index is 11.9. The third-order valence-corrected chi connectivity index (χ3v) is 3.24. The molecule has 0 saturated carbocycles. The van der Waals surface area contributed by atoms with Crippen molar-refractivity contribution in [1.29, 1.82) is 0 Å². The Hall–Kier alpha value is -1.92. The highest BCUT2D eigenvalue weighted by Crippen LogP contribution is 2.23. The van der Waals surface area contributed by atoms with Gasteiger partial charge in [-0.3, -0.25) is 9.55 Å². The Kier molecular flexibility index (Phi) is 3.78. The van der Waals surface area contributed by atoms with E-state index < -0.39 is 5.60 Å². The van der Waals surface area contributed by atoms with Crippen LogP contribution >= 0.6 is 0 Å². The third kappa shape index (κ3) is 3.34. The van der Waals surface area contributed by atoms with Crippen molar-refractivity contribution >= 4 is 6.09 Å². The summed E-state index contributed by atoms with van der Waals surface area (Å²) in [6.45, 7) is 6.58. The van der Waals surface area contributed by atoms with Crippen LogP contribution in [0, 0.1) is 0 Å². The van der Waals surface area contributed by atoms with Crippen molar-refractivity contribution < 1.29 is 14.6 Å². The van der Waals surface area contributed by atoms with Crippen LogP contribution in [0.2, 0.25) is 0 Å². The van der Waals surface area contributed by atoms with E-state index in [2.05, 4.69) is 4.98 Å². The number of ether oxygens (including phenoxy) is 1. The van der Waals surface area contributed by atoms with E-state index in [1.165, 1.54) is 10.8 Å². The van der Waals surface area contributed by atoms with Crippen molar-refractivity contribution in [3.63, 3.8) is 0 Å². The number of nitrogens with one attached hydrogen (secondary N) is 1. The number of rotatable bonds is 1. The molecule has 1 saturated heterocycles. The van der Waals surface area contributed by atoms with Crippen LogP contribution in [0.3, 0.4) is 0 Å². The van der Waals surface area contributed by atoms with Crippen LogP contribution in [0.15, 0.2) is 11.0 Å². The summed E-state index contributed by atoms with van der Waals surface area (Å²) in [5.74, 6) is -0.135. The van der Waals surface area contributed by atoms with Gasteiger partial charge in [-0.05, 0) is 33.6 Å². The summed E-state index contributed by atoms with van der Waals surface area (Å²) in [5.41, 5.74) is -0.824. The molecule has 2 heterocycles. The molecular formula is C13H21N3O4. The first-order valence-corrected chi connectivity index (χ1v) is 6.74. The van der Waals surface area contributed by atoms with Crippen molar-refractivity contribution in [2.24, 2.45) is 0 Å². The second kappa shape index (κ2) is 5.22. The molecule has 0 aliphatic carbocycles. The van der Waals surface area contributed by atoms with Gasteiger partial charge >= 0.3 is 11.8 Å². The Bertz CT molecular complexity index is 533. The van der Waals surface area contributed by atoms with Crippen LogP contribution in [-0.4, -0.2) is 44.3 Å². The van der Waals surface area contributed by atoms with E-state index in [1.807, 2.05) is 20.8 Å². The van der Waals surface area contributed by atoms with Gasteiger partial charge in [0, 0.05) is 19.1 Å². The van der Waals surface area contributed by atoms with Crippen LogP contribution in [0.1, 0.15) is 39.7 Å². The summed E-state index contributed by atoms with van der Waals surface area (Å²) < 4.78 is 6.81. The number of hydrogen-bond acceptors (Lipinski definition) is 4. The summed E-state index contributed by atoms with van der Waals surface area (Å²) in [7, 11) is 0. The number of imidazole rings is 1. The first-order valence-electron chi connectivity index (χ1n) is 6.74. The number of aromatic amines is 1. The average molecular weight is 283 g/mol. The molecule has 1 aliphatic heterocycles. The van der Waals surface area contributed by atoms with E-state index in [4.69, 9.17) is 4.74 Å². The molecule has 0 unspecified atom stereocenters. The minimum atomic E-state index is -0.503. The van der Waals surface area contributed by atoms with Gasteiger partial charge in [-0.25, -0.2) is 9.59 Å². The van der Waals surface area contributed by atoms with Crippen molar-refractivity contribution in [1.82, 2.24) is 14.5 Å². The molecule has 20 heavy (non-hydrogen) atoms. The zero-order valence-corrected chi connectivity index (χ0v) is 12.0. The summed E-state index contributed by atoms with van der Waals surface area (Å²) in [6, 6.07) is -0.00154. The minimum Gasteiger partial charge on any atom is -0.493 e. The summed E-state index contributed by atoms with van der Waals surface area (Å²) in [6.07, 6.45) is 2.41. The number of amides is 1. The average Bonchev–Trinajstić information content (AvgIpc) is 2.66. The molecule has 1 amide bonds. The summed E-state index contributed by atoms with van der Waals surface area (Å²) in [4.78, 5) is 27.5. The number of nitrogens with zero attached hydrogens (tertiary/aromatic N) is 2. The normalized spacial score (nSPS) is 17.2.